The molecule has 0 aliphatic rings. The summed E-state index contributed by atoms with van der Waals surface area (Å²) in [5.41, 5.74) is 1.91. The van der Waals surface area contributed by atoms with E-state index in [1.54, 1.807) is 23.7 Å². The zero-order valence-electron chi connectivity index (χ0n) is 10.2. The normalized spacial score (nSPS) is 13.0. The predicted molar refractivity (Wildman–Crippen MR) is 80.2 cm³/mol. The summed E-state index contributed by atoms with van der Waals surface area (Å²) in [7, 11) is 0. The van der Waals surface area contributed by atoms with Gasteiger partial charge in [-0.2, -0.15) is 0 Å². The third-order valence-corrected chi connectivity index (χ3v) is 4.29. The number of fused-ring (bicyclic) bond motifs is 1. The van der Waals surface area contributed by atoms with E-state index in [1.165, 1.54) is 4.88 Å². The number of nitrogens with zero attached hydrogens (tertiary/aromatic N) is 3. The Bertz CT molecular complexity index is 718. The number of aromatic nitrogens is 3. The minimum Gasteiger partial charge on any atom is -0.321 e. The Morgan fingerprint density at radius 2 is 2.21 bits per heavy atom. The Morgan fingerprint density at radius 3 is 2.89 bits per heavy atom. The molecule has 0 fully saturated rings. The van der Waals surface area contributed by atoms with E-state index in [0.717, 1.165) is 27.7 Å². The van der Waals surface area contributed by atoms with E-state index in [4.69, 9.17) is 23.2 Å². The lowest BCUT2D eigenvalue weighted by Gasteiger charge is -2.09. The zero-order chi connectivity index (χ0) is 13.4. The number of hydrogen-bond acceptors (Lipinski definition) is 3. The maximum absolute atomic E-state index is 6.22. The van der Waals surface area contributed by atoms with Crippen molar-refractivity contribution in [1.29, 1.82) is 0 Å². The van der Waals surface area contributed by atoms with E-state index < -0.39 is 0 Å². The standard InChI is InChI=1S/C13H11Cl2N3S/c1-8(14)13-17-10-6-16-5-4-11(10)18(13)7-9-2-3-12(15)19-9/h2-6,8H,7H2,1H3. The summed E-state index contributed by atoms with van der Waals surface area (Å²) in [5, 5.41) is -0.150. The molecule has 0 radical (unpaired) electrons. The van der Waals surface area contributed by atoms with Gasteiger partial charge in [0.25, 0.3) is 0 Å². The van der Waals surface area contributed by atoms with Gasteiger partial charge in [0.1, 0.15) is 11.3 Å². The first-order valence-corrected chi connectivity index (χ1v) is 7.46. The van der Waals surface area contributed by atoms with Gasteiger partial charge in [-0.05, 0) is 25.1 Å². The monoisotopic (exact) mass is 311 g/mol. The van der Waals surface area contributed by atoms with Crippen molar-refractivity contribution in [1.82, 2.24) is 14.5 Å². The predicted octanol–water partition coefficient (Wildman–Crippen LogP) is 4.49. The van der Waals surface area contributed by atoms with Crippen molar-refractivity contribution in [3.63, 3.8) is 0 Å². The molecule has 3 rings (SSSR count). The maximum atomic E-state index is 6.22. The molecule has 0 saturated carbocycles. The summed E-state index contributed by atoms with van der Waals surface area (Å²) in [4.78, 5) is 9.84. The molecule has 6 heteroatoms. The lowest BCUT2D eigenvalue weighted by molar-refractivity contribution is 0.750. The van der Waals surface area contributed by atoms with Gasteiger partial charge in [0.2, 0.25) is 0 Å². The summed E-state index contributed by atoms with van der Waals surface area (Å²) in [6, 6.07) is 5.90. The van der Waals surface area contributed by atoms with E-state index in [1.807, 2.05) is 25.1 Å². The molecule has 3 aromatic rings. The Kier molecular flexibility index (Phi) is 3.48. The summed E-state index contributed by atoms with van der Waals surface area (Å²) >= 11 is 13.8. The number of imidazole rings is 1. The van der Waals surface area contributed by atoms with Gasteiger partial charge in [-0.15, -0.1) is 22.9 Å². The lowest BCUT2D eigenvalue weighted by Crippen LogP contribution is -2.04. The van der Waals surface area contributed by atoms with Crippen molar-refractivity contribution in [3.05, 3.63) is 45.6 Å². The summed E-state index contributed by atoms with van der Waals surface area (Å²) in [6.45, 7) is 2.65. The van der Waals surface area contributed by atoms with Crippen LogP contribution in [0.1, 0.15) is 23.0 Å². The molecule has 3 aromatic heterocycles. The molecule has 0 spiro atoms. The number of alkyl halides is 1. The molecule has 0 bridgehead atoms. The Balaban J connectivity index is 2.12. The van der Waals surface area contributed by atoms with Gasteiger partial charge < -0.3 is 4.57 Å². The number of halogens is 2. The highest BCUT2D eigenvalue weighted by atomic mass is 35.5. The number of thiophene rings is 1. The molecule has 0 aliphatic carbocycles. The Morgan fingerprint density at radius 1 is 1.37 bits per heavy atom. The second kappa shape index (κ2) is 5.12. The maximum Gasteiger partial charge on any atom is 0.128 e. The Hall–Kier alpha value is -1.10. The molecule has 3 heterocycles. The van der Waals surface area contributed by atoms with Crippen molar-refractivity contribution >= 4 is 45.6 Å². The van der Waals surface area contributed by atoms with Gasteiger partial charge >= 0.3 is 0 Å². The summed E-state index contributed by atoms with van der Waals surface area (Å²) < 4.78 is 2.91. The van der Waals surface area contributed by atoms with Gasteiger partial charge in [-0.1, -0.05) is 11.6 Å². The highest BCUT2D eigenvalue weighted by molar-refractivity contribution is 7.16. The first-order chi connectivity index (χ1) is 9.15. The summed E-state index contributed by atoms with van der Waals surface area (Å²) in [6.07, 6.45) is 3.53. The quantitative estimate of drug-likeness (QED) is 0.667. The van der Waals surface area contributed by atoms with E-state index in [-0.39, 0.29) is 5.38 Å². The van der Waals surface area contributed by atoms with E-state index in [0.29, 0.717) is 0 Å². The van der Waals surface area contributed by atoms with Crippen LogP contribution in [0, 0.1) is 0 Å². The van der Waals surface area contributed by atoms with Gasteiger partial charge in [-0.3, -0.25) is 4.98 Å². The number of pyridine rings is 1. The highest BCUT2D eigenvalue weighted by Crippen LogP contribution is 2.28. The highest BCUT2D eigenvalue weighted by Gasteiger charge is 2.15. The van der Waals surface area contributed by atoms with Crippen LogP contribution < -0.4 is 0 Å². The van der Waals surface area contributed by atoms with Crippen LogP contribution >= 0.6 is 34.5 Å². The lowest BCUT2D eigenvalue weighted by atomic mass is 10.3. The molecule has 0 N–H and O–H groups in total. The third-order valence-electron chi connectivity index (χ3n) is 2.88. The largest absolute Gasteiger partial charge is 0.321 e. The van der Waals surface area contributed by atoms with Gasteiger partial charge in [0.15, 0.2) is 0 Å². The Labute approximate surface area is 124 Å². The first-order valence-electron chi connectivity index (χ1n) is 5.83. The van der Waals surface area contributed by atoms with Crippen molar-refractivity contribution in [3.8, 4) is 0 Å². The number of rotatable bonds is 3. The van der Waals surface area contributed by atoms with Crippen LogP contribution in [0.5, 0.6) is 0 Å². The molecule has 1 atom stereocenters. The molecule has 0 aromatic carbocycles. The van der Waals surface area contributed by atoms with Crippen LogP contribution in [0.3, 0.4) is 0 Å². The molecule has 19 heavy (non-hydrogen) atoms. The van der Waals surface area contributed by atoms with Crippen LogP contribution in [0.25, 0.3) is 11.0 Å². The second-order valence-corrected chi connectivity index (χ2v) is 6.70. The van der Waals surface area contributed by atoms with E-state index in [2.05, 4.69) is 14.5 Å². The molecule has 1 unspecified atom stereocenters. The molecule has 98 valence electrons. The van der Waals surface area contributed by atoms with Crippen molar-refractivity contribution in [2.24, 2.45) is 0 Å². The SMILES string of the molecule is CC(Cl)c1nc2cnccc2n1Cc1ccc(Cl)s1. The molecular weight excluding hydrogens is 301 g/mol. The topological polar surface area (TPSA) is 30.7 Å². The van der Waals surface area contributed by atoms with Crippen LogP contribution in [0.2, 0.25) is 4.34 Å². The van der Waals surface area contributed by atoms with Crippen LogP contribution in [0.15, 0.2) is 30.6 Å². The van der Waals surface area contributed by atoms with E-state index in [9.17, 15) is 0 Å². The molecule has 0 saturated heterocycles. The average molecular weight is 312 g/mol. The van der Waals surface area contributed by atoms with Crippen LogP contribution in [-0.4, -0.2) is 14.5 Å². The molecule has 0 amide bonds. The first kappa shape index (κ1) is 12.9. The van der Waals surface area contributed by atoms with Gasteiger partial charge in [0.05, 0.1) is 28.0 Å². The zero-order valence-corrected chi connectivity index (χ0v) is 12.5. The van der Waals surface area contributed by atoms with E-state index >= 15 is 0 Å². The third kappa shape index (κ3) is 2.48. The minimum absolute atomic E-state index is 0.150. The van der Waals surface area contributed by atoms with Gasteiger partial charge in [-0.25, -0.2) is 4.98 Å². The molecule has 0 aliphatic heterocycles. The van der Waals surface area contributed by atoms with Crippen molar-refractivity contribution in [2.75, 3.05) is 0 Å². The van der Waals surface area contributed by atoms with Crippen LogP contribution in [0.4, 0.5) is 0 Å². The fourth-order valence-electron chi connectivity index (χ4n) is 2.06. The van der Waals surface area contributed by atoms with Gasteiger partial charge in [0, 0.05) is 11.1 Å². The second-order valence-electron chi connectivity index (χ2n) is 4.24. The van der Waals surface area contributed by atoms with Crippen molar-refractivity contribution < 1.29 is 0 Å². The summed E-state index contributed by atoms with van der Waals surface area (Å²) in [5.74, 6) is 0.856. The van der Waals surface area contributed by atoms with Crippen LogP contribution in [-0.2, 0) is 6.54 Å². The minimum atomic E-state index is -0.150. The smallest absolute Gasteiger partial charge is 0.128 e. The molecule has 3 nitrogen and oxygen atoms in total. The van der Waals surface area contributed by atoms with Crippen molar-refractivity contribution in [2.45, 2.75) is 18.8 Å². The fourth-order valence-corrected chi connectivity index (χ4v) is 3.31. The molecular formula is C13H11Cl2N3S. The average Bonchev–Trinajstić information content (AvgIpc) is 2.95. The fraction of sp³-hybridized carbons (Fsp3) is 0.231. The number of hydrogen-bond donors (Lipinski definition) is 0.